The first kappa shape index (κ1) is 19.4. The molecule has 2 N–H and O–H groups in total. The summed E-state index contributed by atoms with van der Waals surface area (Å²) in [5.41, 5.74) is 6.90. The number of piperidine rings is 2. The molecule has 2 aliphatic rings. The van der Waals surface area contributed by atoms with Gasteiger partial charge in [0.05, 0.1) is 6.04 Å². The van der Waals surface area contributed by atoms with E-state index in [9.17, 15) is 9.59 Å². The Kier molecular flexibility index (Phi) is 5.97. The predicted octanol–water partition coefficient (Wildman–Crippen LogP) is 3.16. The van der Waals surface area contributed by atoms with Gasteiger partial charge in [-0.05, 0) is 61.0 Å². The van der Waals surface area contributed by atoms with E-state index in [0.717, 1.165) is 58.2 Å². The lowest BCUT2D eigenvalue weighted by molar-refractivity contribution is -0.134. The van der Waals surface area contributed by atoms with Crippen LogP contribution in [-0.2, 0) is 16.0 Å². The largest absolute Gasteiger partial charge is 0.368 e. The van der Waals surface area contributed by atoms with Gasteiger partial charge in [0.1, 0.15) is 0 Å². The summed E-state index contributed by atoms with van der Waals surface area (Å²) in [7, 11) is 0. The van der Waals surface area contributed by atoms with Crippen molar-refractivity contribution in [3.63, 3.8) is 0 Å². The molecule has 0 aliphatic carbocycles. The molecule has 5 nitrogen and oxygen atoms in total. The third kappa shape index (κ3) is 4.08. The number of rotatable bonds is 5. The Hall–Kier alpha value is -1.92. The smallest absolute Gasteiger partial charge is 0.234 e. The number of thiophene rings is 1. The van der Waals surface area contributed by atoms with Crippen LogP contribution in [0.5, 0.6) is 0 Å². The Morgan fingerprint density at radius 1 is 1.07 bits per heavy atom. The highest BCUT2D eigenvalue weighted by Crippen LogP contribution is 2.28. The molecule has 2 fully saturated rings. The van der Waals surface area contributed by atoms with Crippen LogP contribution in [0.25, 0.3) is 10.1 Å². The van der Waals surface area contributed by atoms with Crippen molar-refractivity contribution in [2.75, 3.05) is 19.6 Å². The number of benzene rings is 1. The van der Waals surface area contributed by atoms with Crippen LogP contribution in [0.1, 0.15) is 44.1 Å². The molecule has 1 atom stereocenters. The van der Waals surface area contributed by atoms with Crippen LogP contribution in [-0.4, -0.2) is 53.3 Å². The number of aryl methyl sites for hydroxylation is 1. The number of primary amides is 1. The van der Waals surface area contributed by atoms with Crippen molar-refractivity contribution in [2.45, 2.75) is 57.0 Å². The summed E-state index contributed by atoms with van der Waals surface area (Å²) in [6.45, 7) is 2.53. The van der Waals surface area contributed by atoms with Crippen molar-refractivity contribution >= 4 is 33.2 Å². The zero-order valence-corrected chi connectivity index (χ0v) is 17.1. The molecule has 0 spiro atoms. The molecule has 2 saturated heterocycles. The Morgan fingerprint density at radius 2 is 1.86 bits per heavy atom. The van der Waals surface area contributed by atoms with E-state index < -0.39 is 0 Å². The van der Waals surface area contributed by atoms with E-state index in [1.807, 2.05) is 4.90 Å². The molecule has 2 aliphatic heterocycles. The molecule has 0 radical (unpaired) electrons. The number of carbonyl (C=O) groups excluding carboxylic acids is 2. The van der Waals surface area contributed by atoms with Crippen molar-refractivity contribution in [2.24, 2.45) is 5.73 Å². The molecule has 1 unspecified atom stereocenters. The normalized spacial score (nSPS) is 21.9. The standard InChI is InChI=1S/C22H29N3O2S/c23-22(27)19-6-3-4-12-25(19)17-10-13-24(14-11-17)21(26)9-8-16-15-28-20-7-2-1-5-18(16)20/h1-2,5,7,15,17,19H,3-4,6,8-14H2,(H2,23,27). The number of carbonyl (C=O) groups is 2. The summed E-state index contributed by atoms with van der Waals surface area (Å²) >= 11 is 1.75. The van der Waals surface area contributed by atoms with Gasteiger partial charge < -0.3 is 10.6 Å². The number of nitrogens with zero attached hydrogens (tertiary/aromatic N) is 2. The summed E-state index contributed by atoms with van der Waals surface area (Å²) in [6.07, 6.45) is 6.35. The van der Waals surface area contributed by atoms with Crippen LogP contribution < -0.4 is 5.73 Å². The lowest BCUT2D eigenvalue weighted by atomic mass is 9.94. The number of hydrogen-bond acceptors (Lipinski definition) is 4. The minimum absolute atomic E-state index is 0.118. The zero-order chi connectivity index (χ0) is 19.5. The summed E-state index contributed by atoms with van der Waals surface area (Å²) in [4.78, 5) is 28.8. The Balaban J connectivity index is 1.30. The first-order valence-electron chi connectivity index (χ1n) is 10.4. The third-order valence-corrected chi connectivity index (χ3v) is 7.34. The number of hydrogen-bond donors (Lipinski definition) is 1. The number of likely N-dealkylation sites (tertiary alicyclic amines) is 2. The number of amides is 2. The van der Waals surface area contributed by atoms with Gasteiger partial charge in [0.25, 0.3) is 0 Å². The van der Waals surface area contributed by atoms with Gasteiger partial charge in [-0.3, -0.25) is 14.5 Å². The average molecular weight is 400 g/mol. The maximum atomic E-state index is 12.7. The van der Waals surface area contributed by atoms with Gasteiger partial charge >= 0.3 is 0 Å². The lowest BCUT2D eigenvalue weighted by Crippen LogP contribution is -2.55. The minimum Gasteiger partial charge on any atom is -0.368 e. The van der Waals surface area contributed by atoms with Gasteiger partial charge in [0.15, 0.2) is 0 Å². The van der Waals surface area contributed by atoms with Crippen molar-refractivity contribution < 1.29 is 9.59 Å². The average Bonchev–Trinajstić information content (AvgIpc) is 3.15. The SMILES string of the molecule is NC(=O)C1CCCCN1C1CCN(C(=O)CCc2csc3ccccc23)CC1. The molecule has 28 heavy (non-hydrogen) atoms. The summed E-state index contributed by atoms with van der Waals surface area (Å²) in [6, 6.07) is 8.66. The fraction of sp³-hybridized carbons (Fsp3) is 0.545. The van der Waals surface area contributed by atoms with Crippen LogP contribution in [0, 0.1) is 0 Å². The fourth-order valence-corrected chi connectivity index (χ4v) is 5.77. The van der Waals surface area contributed by atoms with Gasteiger partial charge in [-0.2, -0.15) is 0 Å². The van der Waals surface area contributed by atoms with Gasteiger partial charge in [-0.15, -0.1) is 11.3 Å². The molecule has 1 aromatic carbocycles. The van der Waals surface area contributed by atoms with E-state index in [1.54, 1.807) is 11.3 Å². The summed E-state index contributed by atoms with van der Waals surface area (Å²) in [5.74, 6) is 0.0556. The molecule has 2 aromatic rings. The molecule has 150 valence electrons. The van der Waals surface area contributed by atoms with Gasteiger partial charge in [-0.1, -0.05) is 24.6 Å². The van der Waals surface area contributed by atoms with E-state index in [2.05, 4.69) is 34.5 Å². The van der Waals surface area contributed by atoms with Crippen LogP contribution in [0.15, 0.2) is 29.6 Å². The summed E-state index contributed by atoms with van der Waals surface area (Å²) < 4.78 is 1.29. The van der Waals surface area contributed by atoms with E-state index in [1.165, 1.54) is 15.6 Å². The topological polar surface area (TPSA) is 66.6 Å². The maximum Gasteiger partial charge on any atom is 0.234 e. The molecule has 0 bridgehead atoms. The Morgan fingerprint density at radius 3 is 2.64 bits per heavy atom. The molecule has 3 heterocycles. The molecule has 0 saturated carbocycles. The van der Waals surface area contributed by atoms with Gasteiger partial charge in [-0.25, -0.2) is 0 Å². The Labute approximate surface area is 170 Å². The highest BCUT2D eigenvalue weighted by Gasteiger charge is 2.34. The maximum absolute atomic E-state index is 12.7. The first-order valence-corrected chi connectivity index (χ1v) is 11.3. The van der Waals surface area contributed by atoms with E-state index in [0.29, 0.717) is 12.5 Å². The van der Waals surface area contributed by atoms with E-state index in [4.69, 9.17) is 5.73 Å². The zero-order valence-electron chi connectivity index (χ0n) is 16.3. The van der Waals surface area contributed by atoms with Crippen LogP contribution in [0.4, 0.5) is 0 Å². The molecular weight excluding hydrogens is 370 g/mol. The monoisotopic (exact) mass is 399 g/mol. The van der Waals surface area contributed by atoms with Crippen molar-refractivity contribution in [3.8, 4) is 0 Å². The number of fused-ring (bicyclic) bond motifs is 1. The van der Waals surface area contributed by atoms with Crippen LogP contribution >= 0.6 is 11.3 Å². The van der Waals surface area contributed by atoms with Gasteiger partial charge in [0, 0.05) is 30.3 Å². The highest BCUT2D eigenvalue weighted by molar-refractivity contribution is 7.17. The van der Waals surface area contributed by atoms with Crippen molar-refractivity contribution in [3.05, 3.63) is 35.2 Å². The number of nitrogens with two attached hydrogens (primary N) is 1. The van der Waals surface area contributed by atoms with Crippen molar-refractivity contribution in [1.82, 2.24) is 9.80 Å². The first-order chi connectivity index (χ1) is 13.6. The molecule has 6 heteroatoms. The molecule has 4 rings (SSSR count). The van der Waals surface area contributed by atoms with Crippen LogP contribution in [0.3, 0.4) is 0 Å². The molecule has 2 amide bonds. The second-order valence-electron chi connectivity index (χ2n) is 8.02. The van der Waals surface area contributed by atoms with Crippen molar-refractivity contribution in [1.29, 1.82) is 0 Å². The summed E-state index contributed by atoms with van der Waals surface area (Å²) in [5, 5.41) is 3.46. The van der Waals surface area contributed by atoms with E-state index >= 15 is 0 Å². The minimum atomic E-state index is -0.193. The third-order valence-electron chi connectivity index (χ3n) is 6.33. The Bertz CT molecular complexity index is 841. The van der Waals surface area contributed by atoms with Crippen LogP contribution in [0.2, 0.25) is 0 Å². The molecular formula is C22H29N3O2S. The highest BCUT2D eigenvalue weighted by atomic mass is 32.1. The fourth-order valence-electron chi connectivity index (χ4n) is 4.77. The second kappa shape index (κ2) is 8.62. The molecule has 1 aromatic heterocycles. The second-order valence-corrected chi connectivity index (χ2v) is 8.93. The van der Waals surface area contributed by atoms with Gasteiger partial charge in [0.2, 0.25) is 11.8 Å². The lowest BCUT2D eigenvalue weighted by Gasteiger charge is -2.43. The predicted molar refractivity (Wildman–Crippen MR) is 113 cm³/mol. The quantitative estimate of drug-likeness (QED) is 0.840. The van der Waals surface area contributed by atoms with E-state index in [-0.39, 0.29) is 17.9 Å².